The summed E-state index contributed by atoms with van der Waals surface area (Å²) in [6.45, 7) is -1.77. The van der Waals surface area contributed by atoms with Gasteiger partial charge in [-0.1, -0.05) is 0 Å². The molecular formula is C12H13F3NO8S-. The van der Waals surface area contributed by atoms with Crippen LogP contribution in [0.15, 0.2) is 12.1 Å². The van der Waals surface area contributed by atoms with Crippen LogP contribution in [-0.4, -0.2) is 56.5 Å². The fourth-order valence-electron chi connectivity index (χ4n) is 1.47. The number of alkyl halides is 3. The first kappa shape index (κ1) is 20.8. The number of aliphatic hydroxyl groups excluding tert-OH is 2. The van der Waals surface area contributed by atoms with Crippen molar-refractivity contribution in [2.45, 2.75) is 5.51 Å². The zero-order valence-electron chi connectivity index (χ0n) is 12.4. The minimum Gasteiger partial charge on any atom is -0.867 e. The largest absolute Gasteiger partial charge is 0.867 e. The zero-order chi connectivity index (χ0) is 19.3. The van der Waals surface area contributed by atoms with Gasteiger partial charge < -0.3 is 24.8 Å². The van der Waals surface area contributed by atoms with E-state index in [9.17, 15) is 31.5 Å². The second-order valence-corrected chi connectivity index (χ2v) is 6.00. The molecule has 0 bridgehead atoms. The van der Waals surface area contributed by atoms with Crippen LogP contribution < -0.4 is 19.3 Å². The van der Waals surface area contributed by atoms with Crippen molar-refractivity contribution in [1.29, 1.82) is 0 Å². The molecule has 1 amide bonds. The van der Waals surface area contributed by atoms with Gasteiger partial charge in [0.15, 0.2) is 0 Å². The van der Waals surface area contributed by atoms with Gasteiger partial charge >= 0.3 is 15.5 Å². The van der Waals surface area contributed by atoms with Crippen molar-refractivity contribution in [1.82, 2.24) is 4.72 Å². The van der Waals surface area contributed by atoms with E-state index in [1.807, 2.05) is 0 Å². The molecule has 1 aromatic rings. The number of halogens is 3. The number of sulfonamides is 1. The Morgan fingerprint density at radius 3 is 1.92 bits per heavy atom. The smallest absolute Gasteiger partial charge is 0.516 e. The molecule has 1 rings (SSSR count). The lowest BCUT2D eigenvalue weighted by molar-refractivity contribution is -0.272. The molecule has 142 valence electrons. The van der Waals surface area contributed by atoms with E-state index in [-0.39, 0.29) is 13.2 Å². The second kappa shape index (κ2) is 8.22. The van der Waals surface area contributed by atoms with E-state index in [1.54, 1.807) is 0 Å². The average Bonchev–Trinajstić information content (AvgIpc) is 2.51. The number of aliphatic hydroxyl groups is 2. The molecule has 0 saturated heterocycles. The predicted molar refractivity (Wildman–Crippen MR) is 73.5 cm³/mol. The van der Waals surface area contributed by atoms with Crippen LogP contribution >= 0.6 is 0 Å². The highest BCUT2D eigenvalue weighted by Gasteiger charge is 2.47. The Morgan fingerprint density at radius 2 is 1.56 bits per heavy atom. The molecule has 9 nitrogen and oxygen atoms in total. The van der Waals surface area contributed by atoms with Gasteiger partial charge in [0.2, 0.25) is 0 Å². The fraction of sp³-hybridized carbons (Fsp3) is 0.417. The number of carbonyl (C=O) groups is 1. The first-order chi connectivity index (χ1) is 11.5. The zero-order valence-corrected chi connectivity index (χ0v) is 13.2. The minimum absolute atomic E-state index is 0.374. The molecule has 0 unspecified atom stereocenters. The van der Waals surface area contributed by atoms with Crippen LogP contribution in [0.25, 0.3) is 0 Å². The fourth-order valence-corrected chi connectivity index (χ4v) is 1.95. The summed E-state index contributed by atoms with van der Waals surface area (Å²) in [5.74, 6) is -3.70. The SMILES string of the molecule is O=C(NS(=O)(=O)C(F)(F)F)c1cc(OCCO)c([O-])c(OCCO)c1. The highest BCUT2D eigenvalue weighted by molar-refractivity contribution is 7.90. The van der Waals surface area contributed by atoms with Crippen LogP contribution in [0, 0.1) is 0 Å². The van der Waals surface area contributed by atoms with Crippen molar-refractivity contribution in [2.24, 2.45) is 0 Å². The van der Waals surface area contributed by atoms with E-state index < -0.39 is 57.5 Å². The van der Waals surface area contributed by atoms with E-state index in [1.165, 1.54) is 0 Å². The lowest BCUT2D eigenvalue weighted by atomic mass is 10.1. The van der Waals surface area contributed by atoms with Gasteiger partial charge in [0.25, 0.3) is 5.91 Å². The molecule has 25 heavy (non-hydrogen) atoms. The number of hydrogen-bond donors (Lipinski definition) is 3. The third-order valence-corrected chi connectivity index (χ3v) is 3.58. The third-order valence-electron chi connectivity index (χ3n) is 2.51. The quantitative estimate of drug-likeness (QED) is 0.519. The number of amides is 1. The lowest BCUT2D eigenvalue weighted by Crippen LogP contribution is -2.40. The summed E-state index contributed by atoms with van der Waals surface area (Å²) in [4.78, 5) is 11.8. The van der Waals surface area contributed by atoms with Crippen LogP contribution in [0.4, 0.5) is 13.2 Å². The summed E-state index contributed by atoms with van der Waals surface area (Å²) < 4.78 is 69.3. The maximum atomic E-state index is 12.3. The molecule has 0 aliphatic heterocycles. The number of ether oxygens (including phenoxy) is 2. The Morgan fingerprint density at radius 1 is 1.12 bits per heavy atom. The molecule has 0 aliphatic rings. The van der Waals surface area contributed by atoms with Gasteiger partial charge in [-0.05, 0) is 17.9 Å². The summed E-state index contributed by atoms with van der Waals surface area (Å²) in [5.41, 5.74) is -6.39. The molecule has 0 aromatic heterocycles. The average molecular weight is 388 g/mol. The Bertz CT molecular complexity index is 691. The van der Waals surface area contributed by atoms with Crippen LogP contribution in [0.1, 0.15) is 10.4 Å². The molecule has 0 aliphatic carbocycles. The van der Waals surface area contributed by atoms with Crippen molar-refractivity contribution in [3.63, 3.8) is 0 Å². The summed E-state index contributed by atoms with van der Waals surface area (Å²) in [7, 11) is -5.95. The highest BCUT2D eigenvalue weighted by Crippen LogP contribution is 2.35. The molecular weight excluding hydrogens is 375 g/mol. The van der Waals surface area contributed by atoms with Crippen molar-refractivity contribution < 1.29 is 51.2 Å². The van der Waals surface area contributed by atoms with E-state index >= 15 is 0 Å². The summed E-state index contributed by atoms with van der Waals surface area (Å²) in [6.07, 6.45) is 0. The molecule has 3 N–H and O–H groups in total. The lowest BCUT2D eigenvalue weighted by Gasteiger charge is -2.20. The van der Waals surface area contributed by atoms with Crippen molar-refractivity contribution in [3.8, 4) is 17.2 Å². The van der Waals surface area contributed by atoms with Crippen molar-refractivity contribution in [3.05, 3.63) is 17.7 Å². The Balaban J connectivity index is 3.22. The second-order valence-electron chi connectivity index (χ2n) is 4.33. The highest BCUT2D eigenvalue weighted by atomic mass is 32.2. The number of hydrogen-bond acceptors (Lipinski definition) is 8. The molecule has 0 saturated carbocycles. The standard InChI is InChI=1S/C12H14F3NO8S/c13-12(14,15)25(21,22)16-11(20)7-5-8(23-3-1-17)10(19)9(6-7)24-4-2-18/h5-6,17-19H,1-4H2,(H,16,20)/p-1. The Kier molecular flexibility index (Phi) is 6.84. The summed E-state index contributed by atoms with van der Waals surface area (Å²) in [6, 6.07) is 1.40. The topological polar surface area (TPSA) is 145 Å². The first-order valence-electron chi connectivity index (χ1n) is 6.49. The van der Waals surface area contributed by atoms with Gasteiger partial charge in [-0.15, -0.1) is 0 Å². The molecule has 0 heterocycles. The van der Waals surface area contributed by atoms with Crippen molar-refractivity contribution in [2.75, 3.05) is 26.4 Å². The van der Waals surface area contributed by atoms with Crippen LogP contribution in [0.2, 0.25) is 0 Å². The Hall–Kier alpha value is -2.25. The first-order valence-corrected chi connectivity index (χ1v) is 7.97. The maximum Gasteiger partial charge on any atom is 0.516 e. The number of carbonyl (C=O) groups excluding carboxylic acids is 1. The van der Waals surface area contributed by atoms with Gasteiger partial charge in [0, 0.05) is 5.56 Å². The van der Waals surface area contributed by atoms with Gasteiger partial charge in [-0.2, -0.15) is 21.6 Å². The van der Waals surface area contributed by atoms with Gasteiger partial charge in [-0.3, -0.25) is 4.79 Å². The monoisotopic (exact) mass is 388 g/mol. The van der Waals surface area contributed by atoms with E-state index in [4.69, 9.17) is 19.7 Å². The summed E-state index contributed by atoms with van der Waals surface area (Å²) in [5, 5.41) is 29.3. The molecule has 1 aromatic carbocycles. The molecule has 0 atom stereocenters. The number of rotatable bonds is 8. The van der Waals surface area contributed by atoms with Gasteiger partial charge in [0.1, 0.15) is 24.7 Å². The predicted octanol–water partition coefficient (Wildman–Crippen LogP) is -0.918. The van der Waals surface area contributed by atoms with Crippen LogP contribution in [0.5, 0.6) is 17.2 Å². The maximum absolute atomic E-state index is 12.3. The van der Waals surface area contributed by atoms with Gasteiger partial charge in [0.05, 0.1) is 13.2 Å². The molecule has 13 heteroatoms. The van der Waals surface area contributed by atoms with Crippen molar-refractivity contribution >= 4 is 15.9 Å². The molecule has 0 radical (unpaired) electrons. The van der Waals surface area contributed by atoms with E-state index in [2.05, 4.69) is 0 Å². The van der Waals surface area contributed by atoms with Crippen LogP contribution in [0.3, 0.4) is 0 Å². The molecule has 0 fully saturated rings. The van der Waals surface area contributed by atoms with Gasteiger partial charge in [-0.25, -0.2) is 4.72 Å². The van der Waals surface area contributed by atoms with Crippen LogP contribution in [-0.2, 0) is 10.0 Å². The normalized spacial score (nSPS) is 11.9. The Labute approximate surface area is 139 Å². The van der Waals surface area contributed by atoms with E-state index in [0.717, 1.165) is 4.72 Å². The van der Waals surface area contributed by atoms with E-state index in [0.29, 0.717) is 12.1 Å². The number of nitrogens with one attached hydrogen (secondary N) is 1. The number of benzene rings is 1. The molecule has 0 spiro atoms. The summed E-state index contributed by atoms with van der Waals surface area (Å²) >= 11 is 0. The third kappa shape index (κ3) is 5.37. The minimum atomic E-state index is -5.95.